The zero-order valence-corrected chi connectivity index (χ0v) is 8.58. The molecule has 2 aromatic rings. The lowest BCUT2D eigenvalue weighted by Crippen LogP contribution is -2.17. The molecular formula is C10H11ClN2O. The summed E-state index contributed by atoms with van der Waals surface area (Å²) in [5, 5.41) is 5.21. The van der Waals surface area contributed by atoms with Crippen molar-refractivity contribution in [2.45, 2.75) is 19.4 Å². The van der Waals surface area contributed by atoms with E-state index in [0.29, 0.717) is 10.6 Å². The van der Waals surface area contributed by atoms with Gasteiger partial charge in [-0.1, -0.05) is 16.8 Å². The van der Waals surface area contributed by atoms with Crippen LogP contribution in [0.3, 0.4) is 0 Å². The number of rotatable bonds is 2. The average Bonchev–Trinajstić information content (AvgIpc) is 2.50. The minimum absolute atomic E-state index is 0.128. The molecule has 2 rings (SSSR count). The average molecular weight is 211 g/mol. The lowest BCUT2D eigenvalue weighted by atomic mass is 10.1. The van der Waals surface area contributed by atoms with Gasteiger partial charge in [0, 0.05) is 11.4 Å². The maximum Gasteiger partial charge on any atom is 0.185 e. The normalized spacial score (nSPS) is 13.4. The Labute approximate surface area is 86.8 Å². The van der Waals surface area contributed by atoms with E-state index >= 15 is 0 Å². The standard InChI is InChI=1S/C10H11ClN2O/c1-6(12)2-7-3-8-5-13-14-10(8)9(11)4-7/h3-6H,2,12H2,1H3. The molecule has 0 aliphatic heterocycles. The van der Waals surface area contributed by atoms with Crippen LogP contribution in [0.4, 0.5) is 0 Å². The Hall–Kier alpha value is -1.06. The van der Waals surface area contributed by atoms with Crippen molar-refractivity contribution in [1.29, 1.82) is 0 Å². The summed E-state index contributed by atoms with van der Waals surface area (Å²) < 4.78 is 5.00. The van der Waals surface area contributed by atoms with Crippen LogP contribution in [0.1, 0.15) is 12.5 Å². The molecule has 1 unspecified atom stereocenters. The van der Waals surface area contributed by atoms with Crippen molar-refractivity contribution in [3.63, 3.8) is 0 Å². The van der Waals surface area contributed by atoms with Crippen LogP contribution in [-0.2, 0) is 6.42 Å². The molecule has 0 bridgehead atoms. The summed E-state index contributed by atoms with van der Waals surface area (Å²) in [7, 11) is 0. The summed E-state index contributed by atoms with van der Waals surface area (Å²) in [6.45, 7) is 1.96. The fraction of sp³-hybridized carbons (Fsp3) is 0.300. The number of hydrogen-bond donors (Lipinski definition) is 1. The number of nitrogens with two attached hydrogens (primary N) is 1. The second-order valence-corrected chi connectivity index (χ2v) is 3.91. The second-order valence-electron chi connectivity index (χ2n) is 3.50. The maximum atomic E-state index is 6.01. The van der Waals surface area contributed by atoms with Gasteiger partial charge < -0.3 is 10.3 Å². The van der Waals surface area contributed by atoms with Gasteiger partial charge in [0.2, 0.25) is 0 Å². The monoisotopic (exact) mass is 210 g/mol. The predicted molar refractivity (Wildman–Crippen MR) is 56.4 cm³/mol. The molecule has 1 aromatic carbocycles. The first-order valence-corrected chi connectivity index (χ1v) is 4.83. The Bertz CT molecular complexity index is 450. The van der Waals surface area contributed by atoms with Gasteiger partial charge in [0.1, 0.15) is 0 Å². The van der Waals surface area contributed by atoms with Crippen LogP contribution in [0, 0.1) is 0 Å². The number of aromatic nitrogens is 1. The zero-order valence-electron chi connectivity index (χ0n) is 7.83. The molecule has 2 N–H and O–H groups in total. The Morgan fingerprint density at radius 3 is 3.07 bits per heavy atom. The van der Waals surface area contributed by atoms with E-state index in [9.17, 15) is 0 Å². The molecule has 0 radical (unpaired) electrons. The van der Waals surface area contributed by atoms with Crippen LogP contribution in [0.25, 0.3) is 11.0 Å². The highest BCUT2D eigenvalue weighted by Crippen LogP contribution is 2.25. The molecule has 0 aliphatic rings. The molecule has 0 aliphatic carbocycles. The Kier molecular flexibility index (Phi) is 2.44. The van der Waals surface area contributed by atoms with Gasteiger partial charge in [-0.3, -0.25) is 0 Å². The Morgan fingerprint density at radius 2 is 2.36 bits per heavy atom. The first kappa shape index (κ1) is 9.49. The van der Waals surface area contributed by atoms with Crippen molar-refractivity contribution in [2.24, 2.45) is 5.73 Å². The van der Waals surface area contributed by atoms with Crippen LogP contribution < -0.4 is 5.73 Å². The predicted octanol–water partition coefficient (Wildman–Crippen LogP) is 2.37. The van der Waals surface area contributed by atoms with Gasteiger partial charge in [0.05, 0.1) is 11.2 Å². The largest absolute Gasteiger partial charge is 0.355 e. The fourth-order valence-corrected chi connectivity index (χ4v) is 1.77. The summed E-state index contributed by atoms with van der Waals surface area (Å²) in [6.07, 6.45) is 2.47. The van der Waals surface area contributed by atoms with Gasteiger partial charge in [-0.2, -0.15) is 0 Å². The lowest BCUT2D eigenvalue weighted by molar-refractivity contribution is 0.456. The summed E-state index contributed by atoms with van der Waals surface area (Å²) in [4.78, 5) is 0. The molecule has 1 heterocycles. The first-order valence-electron chi connectivity index (χ1n) is 4.45. The lowest BCUT2D eigenvalue weighted by Gasteiger charge is -2.05. The van der Waals surface area contributed by atoms with Crippen molar-refractivity contribution in [3.05, 3.63) is 28.9 Å². The molecule has 14 heavy (non-hydrogen) atoms. The molecule has 74 valence electrons. The van der Waals surface area contributed by atoms with Gasteiger partial charge in [-0.15, -0.1) is 0 Å². The van der Waals surface area contributed by atoms with Crippen LogP contribution >= 0.6 is 11.6 Å². The number of hydrogen-bond acceptors (Lipinski definition) is 3. The number of benzene rings is 1. The SMILES string of the molecule is CC(N)Cc1cc(Cl)c2oncc2c1. The van der Waals surface area contributed by atoms with Gasteiger partial charge in [-0.05, 0) is 31.0 Å². The Morgan fingerprint density at radius 1 is 1.57 bits per heavy atom. The van der Waals surface area contributed by atoms with Gasteiger partial charge in [0.25, 0.3) is 0 Å². The van der Waals surface area contributed by atoms with E-state index in [1.54, 1.807) is 6.20 Å². The third-order valence-electron chi connectivity index (χ3n) is 2.03. The van der Waals surface area contributed by atoms with Crippen LogP contribution in [-0.4, -0.2) is 11.2 Å². The second kappa shape index (κ2) is 3.59. The number of fused-ring (bicyclic) bond motifs is 1. The number of halogens is 1. The molecular weight excluding hydrogens is 200 g/mol. The van der Waals surface area contributed by atoms with Gasteiger partial charge in [0.15, 0.2) is 5.58 Å². The highest BCUT2D eigenvalue weighted by molar-refractivity contribution is 6.34. The summed E-state index contributed by atoms with van der Waals surface area (Å²) in [5.74, 6) is 0. The molecule has 4 heteroatoms. The van der Waals surface area contributed by atoms with E-state index in [1.807, 2.05) is 19.1 Å². The molecule has 1 atom stereocenters. The quantitative estimate of drug-likeness (QED) is 0.828. The van der Waals surface area contributed by atoms with E-state index < -0.39 is 0 Å². The topological polar surface area (TPSA) is 52.0 Å². The van der Waals surface area contributed by atoms with E-state index in [1.165, 1.54) is 0 Å². The van der Waals surface area contributed by atoms with Crippen LogP contribution in [0.15, 0.2) is 22.9 Å². The molecule has 0 saturated heterocycles. The maximum absolute atomic E-state index is 6.01. The fourth-order valence-electron chi connectivity index (χ4n) is 1.49. The van der Waals surface area contributed by atoms with Crippen LogP contribution in [0.5, 0.6) is 0 Å². The van der Waals surface area contributed by atoms with Crippen molar-refractivity contribution < 1.29 is 4.52 Å². The third kappa shape index (κ3) is 1.74. The molecule has 0 amide bonds. The molecule has 0 saturated carbocycles. The highest BCUT2D eigenvalue weighted by Gasteiger charge is 2.07. The third-order valence-corrected chi connectivity index (χ3v) is 2.31. The first-order chi connectivity index (χ1) is 6.66. The highest BCUT2D eigenvalue weighted by atomic mass is 35.5. The van der Waals surface area contributed by atoms with E-state index in [-0.39, 0.29) is 6.04 Å². The number of nitrogens with zero attached hydrogens (tertiary/aromatic N) is 1. The zero-order chi connectivity index (χ0) is 10.1. The van der Waals surface area contributed by atoms with Crippen LogP contribution in [0.2, 0.25) is 5.02 Å². The van der Waals surface area contributed by atoms with E-state index in [2.05, 4.69) is 5.16 Å². The summed E-state index contributed by atoms with van der Waals surface area (Å²) >= 11 is 6.01. The van der Waals surface area contributed by atoms with Crippen molar-refractivity contribution in [3.8, 4) is 0 Å². The molecule has 0 spiro atoms. The van der Waals surface area contributed by atoms with Crippen molar-refractivity contribution >= 4 is 22.6 Å². The minimum atomic E-state index is 0.128. The van der Waals surface area contributed by atoms with Gasteiger partial charge >= 0.3 is 0 Å². The van der Waals surface area contributed by atoms with Crippen molar-refractivity contribution in [2.75, 3.05) is 0 Å². The summed E-state index contributed by atoms with van der Waals surface area (Å²) in [5.41, 5.74) is 7.46. The molecule has 1 aromatic heterocycles. The van der Waals surface area contributed by atoms with E-state index in [4.69, 9.17) is 21.9 Å². The van der Waals surface area contributed by atoms with Gasteiger partial charge in [-0.25, -0.2) is 0 Å². The van der Waals surface area contributed by atoms with Crippen molar-refractivity contribution in [1.82, 2.24) is 5.16 Å². The summed E-state index contributed by atoms with van der Waals surface area (Å²) in [6, 6.07) is 4.00. The van der Waals surface area contributed by atoms with E-state index in [0.717, 1.165) is 17.4 Å². The molecule has 3 nitrogen and oxygen atoms in total. The smallest absolute Gasteiger partial charge is 0.185 e. The molecule has 0 fully saturated rings. The minimum Gasteiger partial charge on any atom is -0.355 e. The Balaban J connectivity index is 2.47.